The molecule has 1 aliphatic rings. The Morgan fingerprint density at radius 2 is 2.00 bits per heavy atom. The summed E-state index contributed by atoms with van der Waals surface area (Å²) in [7, 11) is 0. The Labute approximate surface area is 158 Å². The second-order valence-electron chi connectivity index (χ2n) is 5.67. The fourth-order valence-electron chi connectivity index (χ4n) is 2.84. The molecule has 6 heteroatoms. The average molecular weight is 415 g/mol. The number of aromatic nitrogens is 1. The van der Waals surface area contributed by atoms with Crippen molar-refractivity contribution in [2.75, 3.05) is 10.6 Å². The molecule has 0 fully saturated rings. The summed E-state index contributed by atoms with van der Waals surface area (Å²) in [4.78, 5) is 17.5. The predicted octanol–water partition coefficient (Wildman–Crippen LogP) is 5.40. The van der Waals surface area contributed by atoms with Gasteiger partial charge in [0, 0.05) is 33.9 Å². The van der Waals surface area contributed by atoms with Crippen molar-refractivity contribution in [1.82, 2.24) is 4.98 Å². The zero-order valence-corrected chi connectivity index (χ0v) is 15.4. The number of hydrogen-bond donors (Lipinski definition) is 2. The number of carbonyl (C=O) groups excluding carboxylic acids is 1. The molecular formula is C19H13BrClN3O. The van der Waals surface area contributed by atoms with E-state index in [1.807, 2.05) is 30.3 Å². The number of para-hydroxylation sites is 1. The van der Waals surface area contributed by atoms with Gasteiger partial charge < -0.3 is 10.6 Å². The second kappa shape index (κ2) is 6.50. The summed E-state index contributed by atoms with van der Waals surface area (Å²) in [5.74, 6) is 0.610. The van der Waals surface area contributed by atoms with E-state index in [1.54, 1.807) is 24.4 Å². The zero-order chi connectivity index (χ0) is 17.4. The molecule has 2 aromatic carbocycles. The molecule has 0 saturated carbocycles. The summed E-state index contributed by atoms with van der Waals surface area (Å²) in [6, 6.07) is 14.7. The minimum atomic E-state index is -0.136. The molecule has 0 bridgehead atoms. The van der Waals surface area contributed by atoms with Gasteiger partial charge in [-0.3, -0.25) is 4.79 Å². The van der Waals surface area contributed by atoms with Gasteiger partial charge in [0.25, 0.3) is 0 Å². The number of anilines is 3. The number of pyridine rings is 1. The van der Waals surface area contributed by atoms with Crippen LogP contribution >= 0.6 is 27.5 Å². The number of nitrogens with one attached hydrogen (secondary N) is 2. The van der Waals surface area contributed by atoms with Gasteiger partial charge in [-0.25, -0.2) is 4.98 Å². The molecule has 3 aromatic rings. The van der Waals surface area contributed by atoms with Crippen LogP contribution in [0.5, 0.6) is 0 Å². The lowest BCUT2D eigenvalue weighted by Crippen LogP contribution is -2.07. The maximum atomic E-state index is 13.1. The van der Waals surface area contributed by atoms with Crippen LogP contribution in [-0.4, -0.2) is 10.8 Å². The highest BCUT2D eigenvalue weighted by atomic mass is 79.9. The van der Waals surface area contributed by atoms with Crippen molar-refractivity contribution < 1.29 is 4.79 Å². The summed E-state index contributed by atoms with van der Waals surface area (Å²) < 4.78 is 0.832. The summed E-state index contributed by atoms with van der Waals surface area (Å²) in [5.41, 5.74) is 3.62. The highest BCUT2D eigenvalue weighted by Crippen LogP contribution is 2.35. The third-order valence-corrected chi connectivity index (χ3v) is 4.89. The standard InChI is InChI=1S/C19H13BrClN3O/c20-12-6-7-13(15(21)9-12)18(25)14-4-1-5-16-17(14)24-19-11(10-23-16)3-2-8-22-19/h1-9,23H,10H2,(H,22,24). The lowest BCUT2D eigenvalue weighted by atomic mass is 10.0. The highest BCUT2D eigenvalue weighted by Gasteiger charge is 2.21. The first-order chi connectivity index (χ1) is 12.1. The first kappa shape index (κ1) is 16.1. The van der Waals surface area contributed by atoms with Crippen LogP contribution < -0.4 is 10.6 Å². The summed E-state index contributed by atoms with van der Waals surface area (Å²) in [5, 5.41) is 7.08. The van der Waals surface area contributed by atoms with Crippen LogP contribution in [0.15, 0.2) is 59.2 Å². The van der Waals surface area contributed by atoms with Crippen LogP contribution in [-0.2, 0) is 6.54 Å². The molecule has 4 nitrogen and oxygen atoms in total. The van der Waals surface area contributed by atoms with E-state index in [0.29, 0.717) is 28.4 Å². The number of ketones is 1. The van der Waals surface area contributed by atoms with Crippen LogP contribution in [0.4, 0.5) is 17.2 Å². The van der Waals surface area contributed by atoms with Gasteiger partial charge >= 0.3 is 0 Å². The SMILES string of the molecule is O=C(c1ccc(Br)cc1Cl)c1cccc2c1Nc1ncccc1CN2. The van der Waals surface area contributed by atoms with E-state index in [9.17, 15) is 4.79 Å². The minimum absolute atomic E-state index is 0.136. The van der Waals surface area contributed by atoms with E-state index in [1.165, 1.54) is 0 Å². The molecule has 124 valence electrons. The van der Waals surface area contributed by atoms with Crippen molar-refractivity contribution >= 4 is 50.5 Å². The number of rotatable bonds is 2. The Kier molecular flexibility index (Phi) is 4.19. The van der Waals surface area contributed by atoms with Crippen molar-refractivity contribution in [1.29, 1.82) is 0 Å². The second-order valence-corrected chi connectivity index (χ2v) is 6.99. The van der Waals surface area contributed by atoms with E-state index in [4.69, 9.17) is 11.6 Å². The van der Waals surface area contributed by atoms with Gasteiger partial charge in [0.15, 0.2) is 5.78 Å². The molecule has 0 saturated heterocycles. The lowest BCUT2D eigenvalue weighted by molar-refractivity contribution is 0.103. The quantitative estimate of drug-likeness (QED) is 0.551. The number of hydrogen-bond acceptors (Lipinski definition) is 4. The van der Waals surface area contributed by atoms with E-state index >= 15 is 0 Å². The number of fused-ring (bicyclic) bond motifs is 2. The van der Waals surface area contributed by atoms with Crippen molar-refractivity contribution in [2.24, 2.45) is 0 Å². The Balaban J connectivity index is 1.82. The normalized spacial score (nSPS) is 12.2. The van der Waals surface area contributed by atoms with Crippen molar-refractivity contribution in [3.05, 3.63) is 80.9 Å². The molecule has 0 aliphatic carbocycles. The highest BCUT2D eigenvalue weighted by molar-refractivity contribution is 9.10. The van der Waals surface area contributed by atoms with Crippen LogP contribution in [0.25, 0.3) is 0 Å². The topological polar surface area (TPSA) is 54.0 Å². The zero-order valence-electron chi connectivity index (χ0n) is 13.0. The summed E-state index contributed by atoms with van der Waals surface area (Å²) >= 11 is 9.64. The van der Waals surface area contributed by atoms with Gasteiger partial charge in [-0.2, -0.15) is 0 Å². The molecule has 2 heterocycles. The fourth-order valence-corrected chi connectivity index (χ4v) is 3.60. The molecule has 2 N–H and O–H groups in total. The Morgan fingerprint density at radius 1 is 1.12 bits per heavy atom. The molecule has 25 heavy (non-hydrogen) atoms. The van der Waals surface area contributed by atoms with Crippen molar-refractivity contribution in [3.8, 4) is 0 Å². The first-order valence-corrected chi connectivity index (χ1v) is 8.88. The van der Waals surface area contributed by atoms with Crippen LogP contribution in [0.1, 0.15) is 21.5 Å². The smallest absolute Gasteiger partial charge is 0.196 e. The van der Waals surface area contributed by atoms with Crippen LogP contribution in [0.2, 0.25) is 5.02 Å². The maximum absolute atomic E-state index is 13.1. The molecular weight excluding hydrogens is 402 g/mol. The average Bonchev–Trinajstić information content (AvgIpc) is 2.80. The molecule has 1 aromatic heterocycles. The molecule has 0 unspecified atom stereocenters. The van der Waals surface area contributed by atoms with Gasteiger partial charge in [0.05, 0.1) is 16.4 Å². The number of carbonyl (C=O) groups is 1. The fraction of sp³-hybridized carbons (Fsp3) is 0.0526. The molecule has 0 amide bonds. The summed E-state index contributed by atoms with van der Waals surface area (Å²) in [6.07, 6.45) is 1.73. The van der Waals surface area contributed by atoms with Crippen LogP contribution in [0.3, 0.4) is 0 Å². The largest absolute Gasteiger partial charge is 0.379 e. The first-order valence-electron chi connectivity index (χ1n) is 7.71. The number of halogens is 2. The molecule has 1 aliphatic heterocycles. The van der Waals surface area contributed by atoms with Gasteiger partial charge in [-0.15, -0.1) is 0 Å². The molecule has 0 atom stereocenters. The molecule has 0 radical (unpaired) electrons. The Hall–Kier alpha value is -2.37. The Morgan fingerprint density at radius 3 is 2.84 bits per heavy atom. The van der Waals surface area contributed by atoms with Crippen LogP contribution in [0, 0.1) is 0 Å². The van der Waals surface area contributed by atoms with E-state index in [-0.39, 0.29) is 5.78 Å². The van der Waals surface area contributed by atoms with Gasteiger partial charge in [-0.1, -0.05) is 39.7 Å². The lowest BCUT2D eigenvalue weighted by Gasteiger charge is -2.14. The van der Waals surface area contributed by atoms with Gasteiger partial charge in [0.1, 0.15) is 5.82 Å². The number of nitrogens with zero attached hydrogens (tertiary/aromatic N) is 1. The van der Waals surface area contributed by atoms with E-state index in [0.717, 1.165) is 21.5 Å². The Bertz CT molecular complexity index is 990. The predicted molar refractivity (Wildman–Crippen MR) is 104 cm³/mol. The molecule has 4 rings (SSSR count). The van der Waals surface area contributed by atoms with Crippen molar-refractivity contribution in [2.45, 2.75) is 6.54 Å². The third kappa shape index (κ3) is 3.01. The third-order valence-electron chi connectivity index (χ3n) is 4.09. The maximum Gasteiger partial charge on any atom is 0.196 e. The summed E-state index contributed by atoms with van der Waals surface area (Å²) in [6.45, 7) is 0.639. The monoisotopic (exact) mass is 413 g/mol. The van der Waals surface area contributed by atoms with E-state index in [2.05, 4.69) is 31.5 Å². The van der Waals surface area contributed by atoms with Gasteiger partial charge in [0.2, 0.25) is 0 Å². The minimum Gasteiger partial charge on any atom is -0.379 e. The van der Waals surface area contributed by atoms with Gasteiger partial charge in [-0.05, 0) is 36.4 Å². The van der Waals surface area contributed by atoms with Crippen molar-refractivity contribution in [3.63, 3.8) is 0 Å². The van der Waals surface area contributed by atoms with E-state index < -0.39 is 0 Å². The number of benzene rings is 2. The molecule has 0 spiro atoms.